The number of hydrogen-bond donors (Lipinski definition) is 0. The number of alkyl halides is 9. The van der Waals surface area contributed by atoms with Crippen LogP contribution in [-0.2, 0) is 34.0 Å². The molecule has 1 aromatic heterocycles. The predicted molar refractivity (Wildman–Crippen MR) is 70.9 cm³/mol. The summed E-state index contributed by atoms with van der Waals surface area (Å²) in [4.78, 5) is 3.48. The highest BCUT2D eigenvalue weighted by atomic mass is 32.3. The highest BCUT2D eigenvalue weighted by molar-refractivity contribution is 8.00. The van der Waals surface area contributed by atoms with Crippen molar-refractivity contribution in [1.29, 1.82) is 0 Å². The summed E-state index contributed by atoms with van der Waals surface area (Å²) in [6, 6.07) is 2.01. The molecule has 0 spiro atoms. The Morgan fingerprint density at radius 1 is 0.621 bits per heavy atom. The Kier molecular flexibility index (Phi) is 7.93. The molecular weight excluding hydrogens is 505 g/mol. The van der Waals surface area contributed by atoms with Gasteiger partial charge in [0.25, 0.3) is 0 Å². The SMILES string of the molecule is O=S(=O)(OS(=O)(=O)C(F)(F)F)C(F)(F)F.O=S(=O)(Oc1ccncc1)C(F)(F)F. The predicted octanol–water partition coefficient (Wildman–Crippen LogP) is 2.01. The van der Waals surface area contributed by atoms with Crippen molar-refractivity contribution in [3.8, 4) is 5.75 Å². The Bertz CT molecular complexity index is 952. The van der Waals surface area contributed by atoms with Crippen molar-refractivity contribution < 1.29 is 72.6 Å². The molecule has 0 bridgehead atoms. The lowest BCUT2D eigenvalue weighted by molar-refractivity contribution is -0.0586. The molecule has 170 valence electrons. The maximum atomic E-state index is 11.8. The average Bonchev–Trinajstić information content (AvgIpc) is 2.43. The molecule has 0 amide bonds. The minimum Gasteiger partial charge on any atom is -0.376 e. The van der Waals surface area contributed by atoms with E-state index >= 15 is 0 Å². The van der Waals surface area contributed by atoms with Crippen molar-refractivity contribution in [3.05, 3.63) is 24.5 Å². The van der Waals surface area contributed by atoms with Crippen LogP contribution in [0.15, 0.2) is 24.5 Å². The number of aromatic nitrogens is 1. The molecule has 0 fully saturated rings. The normalized spacial score (nSPS) is 14.0. The first-order chi connectivity index (χ1) is 12.5. The van der Waals surface area contributed by atoms with Crippen LogP contribution in [0, 0.1) is 0 Å². The van der Waals surface area contributed by atoms with Gasteiger partial charge in [-0.05, 0) is 0 Å². The van der Waals surface area contributed by atoms with Crippen LogP contribution in [0.3, 0.4) is 0 Å². The molecule has 0 aliphatic carbocycles. The van der Waals surface area contributed by atoms with E-state index < -0.39 is 52.6 Å². The highest BCUT2D eigenvalue weighted by Crippen LogP contribution is 2.32. The van der Waals surface area contributed by atoms with Gasteiger partial charge in [-0.2, -0.15) is 64.8 Å². The van der Waals surface area contributed by atoms with E-state index in [-0.39, 0.29) is 0 Å². The molecule has 0 N–H and O–H groups in total. The summed E-state index contributed by atoms with van der Waals surface area (Å²) in [6.07, 6.45) is 2.22. The highest BCUT2D eigenvalue weighted by Gasteiger charge is 2.57. The Labute approximate surface area is 155 Å². The molecule has 9 nitrogen and oxygen atoms in total. The quantitative estimate of drug-likeness (QED) is 0.340. The number of rotatable bonds is 4. The van der Waals surface area contributed by atoms with Crippen molar-refractivity contribution in [1.82, 2.24) is 4.98 Å². The van der Waals surface area contributed by atoms with Gasteiger partial charge in [-0.25, -0.2) is 0 Å². The van der Waals surface area contributed by atoms with E-state index in [0.717, 1.165) is 24.5 Å². The van der Waals surface area contributed by atoms with Crippen LogP contribution < -0.4 is 4.18 Å². The molecule has 1 heterocycles. The van der Waals surface area contributed by atoms with Gasteiger partial charge in [-0.3, -0.25) is 4.98 Å². The Balaban J connectivity index is 0.000000541. The van der Waals surface area contributed by atoms with Crippen molar-refractivity contribution in [2.45, 2.75) is 16.5 Å². The topological polar surface area (TPSA) is 134 Å². The zero-order chi connectivity index (χ0) is 23.5. The summed E-state index contributed by atoms with van der Waals surface area (Å²) >= 11 is 0. The second-order valence-corrected chi connectivity index (χ2v) is 8.86. The van der Waals surface area contributed by atoms with Gasteiger partial charge in [0.2, 0.25) is 0 Å². The van der Waals surface area contributed by atoms with E-state index in [4.69, 9.17) is 0 Å². The lowest BCUT2D eigenvalue weighted by Crippen LogP contribution is -2.34. The first-order valence-electron chi connectivity index (χ1n) is 5.78. The smallest absolute Gasteiger partial charge is 0.376 e. The van der Waals surface area contributed by atoms with Crippen LogP contribution in [0.25, 0.3) is 0 Å². The third kappa shape index (κ3) is 7.81. The summed E-state index contributed by atoms with van der Waals surface area (Å²) < 4.78 is 170. The molecule has 1 aromatic rings. The lowest BCUT2D eigenvalue weighted by atomic mass is 10.5. The third-order valence-electron chi connectivity index (χ3n) is 1.89. The molecule has 0 radical (unpaired) electrons. The minimum atomic E-state index is -6.85. The van der Waals surface area contributed by atoms with E-state index in [9.17, 15) is 64.8 Å². The van der Waals surface area contributed by atoms with E-state index in [1.165, 1.54) is 0 Å². The molecule has 0 aliphatic heterocycles. The van der Waals surface area contributed by atoms with Gasteiger partial charge >= 0.3 is 46.9 Å². The van der Waals surface area contributed by atoms with Gasteiger partial charge in [0.1, 0.15) is 5.75 Å². The van der Waals surface area contributed by atoms with Crippen molar-refractivity contribution >= 4 is 30.4 Å². The zero-order valence-electron chi connectivity index (χ0n) is 12.6. The molecule has 21 heteroatoms. The summed E-state index contributed by atoms with van der Waals surface area (Å²) in [6.45, 7) is 0. The molecule has 0 saturated carbocycles. The van der Waals surface area contributed by atoms with E-state index in [1.807, 2.05) is 3.63 Å². The fourth-order valence-electron chi connectivity index (χ4n) is 0.763. The fraction of sp³-hybridized carbons (Fsp3) is 0.375. The van der Waals surface area contributed by atoms with Gasteiger partial charge < -0.3 is 4.18 Å². The molecule has 0 aliphatic rings. The molecule has 0 saturated heterocycles. The van der Waals surface area contributed by atoms with Crippen molar-refractivity contribution in [2.75, 3.05) is 0 Å². The summed E-state index contributed by atoms with van der Waals surface area (Å²) in [7, 11) is -19.3. The third-order valence-corrected chi connectivity index (χ3v) is 5.43. The van der Waals surface area contributed by atoms with Crippen molar-refractivity contribution in [2.24, 2.45) is 0 Å². The molecule has 0 atom stereocenters. The minimum absolute atomic E-state index is 0.433. The van der Waals surface area contributed by atoms with Gasteiger partial charge in [0, 0.05) is 24.5 Å². The van der Waals surface area contributed by atoms with E-state index in [0.29, 0.717) is 0 Å². The maximum absolute atomic E-state index is 11.8. The standard InChI is InChI=1S/C6H4F3NO3S.C2F6O5S2/c7-6(8,9)14(11,12)13-5-1-3-10-4-2-5;3-1(4,5)14(9,10)13-15(11,12)2(6,7)8/h1-4H;. The summed E-state index contributed by atoms with van der Waals surface area (Å²) in [5.41, 5.74) is -17.9. The van der Waals surface area contributed by atoms with E-state index in [2.05, 4.69) is 9.17 Å². The number of nitrogens with zero attached hydrogens (tertiary/aromatic N) is 1. The van der Waals surface area contributed by atoms with Gasteiger partial charge in [0.05, 0.1) is 0 Å². The van der Waals surface area contributed by atoms with Crippen LogP contribution >= 0.6 is 0 Å². The van der Waals surface area contributed by atoms with Gasteiger partial charge in [-0.15, -0.1) is 3.63 Å². The number of hydrogen-bond acceptors (Lipinski definition) is 9. The van der Waals surface area contributed by atoms with E-state index in [1.54, 1.807) is 0 Å². The Morgan fingerprint density at radius 2 is 0.931 bits per heavy atom. The van der Waals surface area contributed by atoms with Gasteiger partial charge in [0.15, 0.2) is 0 Å². The molecule has 29 heavy (non-hydrogen) atoms. The van der Waals surface area contributed by atoms with Gasteiger partial charge in [-0.1, -0.05) is 0 Å². The average molecular weight is 509 g/mol. The second kappa shape index (κ2) is 8.47. The molecular formula is C8H4F9NO8S3. The molecule has 0 unspecified atom stereocenters. The maximum Gasteiger partial charge on any atom is 0.534 e. The monoisotopic (exact) mass is 509 g/mol. The molecule has 1 rings (SSSR count). The first kappa shape index (κ1) is 27.1. The Hall–Kier alpha value is -1.87. The Morgan fingerprint density at radius 3 is 1.21 bits per heavy atom. The lowest BCUT2D eigenvalue weighted by Gasteiger charge is -2.09. The van der Waals surface area contributed by atoms with Crippen LogP contribution in [-0.4, -0.2) is 46.8 Å². The fourth-order valence-corrected chi connectivity index (χ4v) is 2.78. The second-order valence-electron chi connectivity index (χ2n) is 4.03. The summed E-state index contributed by atoms with van der Waals surface area (Å²) in [5.74, 6) is -0.433. The summed E-state index contributed by atoms with van der Waals surface area (Å²) in [5, 5.41) is 0. The first-order valence-corrected chi connectivity index (χ1v) is 10.0. The largest absolute Gasteiger partial charge is 0.534 e. The number of halogens is 9. The van der Waals surface area contributed by atoms with Crippen LogP contribution in [0.2, 0.25) is 0 Å². The van der Waals surface area contributed by atoms with Crippen LogP contribution in [0.4, 0.5) is 39.5 Å². The number of pyridine rings is 1. The molecule has 0 aromatic carbocycles. The van der Waals surface area contributed by atoms with Crippen molar-refractivity contribution in [3.63, 3.8) is 0 Å². The van der Waals surface area contributed by atoms with Crippen LogP contribution in [0.5, 0.6) is 5.75 Å². The van der Waals surface area contributed by atoms with Crippen LogP contribution in [0.1, 0.15) is 0 Å². The zero-order valence-corrected chi connectivity index (χ0v) is 15.1.